The van der Waals surface area contributed by atoms with Gasteiger partial charge in [0.25, 0.3) is 0 Å². The van der Waals surface area contributed by atoms with Gasteiger partial charge in [0.05, 0.1) is 0 Å². The SMILES string of the molecule is N[C@@H](CCO)c1cc[nH]c(=O)c1. The molecular weight excluding hydrogens is 156 g/mol. The maximum absolute atomic E-state index is 10.8. The lowest BCUT2D eigenvalue weighted by Gasteiger charge is -2.08. The lowest BCUT2D eigenvalue weighted by molar-refractivity contribution is 0.276. The van der Waals surface area contributed by atoms with Gasteiger partial charge in [0.2, 0.25) is 5.56 Å². The van der Waals surface area contributed by atoms with Crippen LogP contribution >= 0.6 is 0 Å². The topological polar surface area (TPSA) is 79.1 Å². The number of aromatic amines is 1. The first-order chi connectivity index (χ1) is 5.74. The summed E-state index contributed by atoms with van der Waals surface area (Å²) in [7, 11) is 0. The van der Waals surface area contributed by atoms with Gasteiger partial charge in [-0.15, -0.1) is 0 Å². The number of aromatic nitrogens is 1. The van der Waals surface area contributed by atoms with Crippen molar-refractivity contribution in [1.82, 2.24) is 4.98 Å². The van der Waals surface area contributed by atoms with Crippen molar-refractivity contribution in [3.63, 3.8) is 0 Å². The Kier molecular flexibility index (Phi) is 3.01. The van der Waals surface area contributed by atoms with Crippen molar-refractivity contribution < 1.29 is 5.11 Å². The molecule has 0 radical (unpaired) electrons. The van der Waals surface area contributed by atoms with Gasteiger partial charge in [-0.25, -0.2) is 0 Å². The van der Waals surface area contributed by atoms with Crippen LogP contribution in [-0.2, 0) is 0 Å². The Hall–Kier alpha value is -1.13. The minimum atomic E-state index is -0.253. The monoisotopic (exact) mass is 168 g/mol. The molecule has 0 aliphatic heterocycles. The second-order valence-corrected chi connectivity index (χ2v) is 2.61. The molecule has 1 atom stereocenters. The van der Waals surface area contributed by atoms with Gasteiger partial charge < -0.3 is 15.8 Å². The fourth-order valence-electron chi connectivity index (χ4n) is 0.998. The number of nitrogens with two attached hydrogens (primary N) is 1. The van der Waals surface area contributed by atoms with Gasteiger partial charge in [-0.1, -0.05) is 0 Å². The molecule has 0 bridgehead atoms. The van der Waals surface area contributed by atoms with E-state index in [0.29, 0.717) is 6.42 Å². The van der Waals surface area contributed by atoms with Crippen molar-refractivity contribution in [2.75, 3.05) is 6.61 Å². The van der Waals surface area contributed by atoms with Gasteiger partial charge in [-0.05, 0) is 18.1 Å². The molecule has 0 saturated carbocycles. The highest BCUT2D eigenvalue weighted by molar-refractivity contribution is 5.14. The van der Waals surface area contributed by atoms with Crippen molar-refractivity contribution in [3.05, 3.63) is 34.2 Å². The number of pyridine rings is 1. The Balaban J connectivity index is 2.80. The summed E-state index contributed by atoms with van der Waals surface area (Å²) in [4.78, 5) is 13.3. The average Bonchev–Trinajstić information content (AvgIpc) is 2.05. The van der Waals surface area contributed by atoms with Gasteiger partial charge in [0, 0.05) is 24.9 Å². The quantitative estimate of drug-likeness (QED) is 0.582. The molecule has 0 aromatic carbocycles. The highest BCUT2D eigenvalue weighted by Crippen LogP contribution is 2.09. The lowest BCUT2D eigenvalue weighted by atomic mass is 10.1. The minimum Gasteiger partial charge on any atom is -0.396 e. The lowest BCUT2D eigenvalue weighted by Crippen LogP contribution is -2.15. The predicted octanol–water partition coefficient (Wildman–Crippen LogP) is -0.243. The molecule has 0 unspecified atom stereocenters. The summed E-state index contributed by atoms with van der Waals surface area (Å²) in [6.45, 7) is 0.0357. The predicted molar refractivity (Wildman–Crippen MR) is 45.7 cm³/mol. The maximum Gasteiger partial charge on any atom is 0.248 e. The van der Waals surface area contributed by atoms with Crippen LogP contribution in [0.5, 0.6) is 0 Å². The van der Waals surface area contributed by atoms with Crippen molar-refractivity contribution in [1.29, 1.82) is 0 Å². The fourth-order valence-corrected chi connectivity index (χ4v) is 0.998. The highest BCUT2D eigenvalue weighted by atomic mass is 16.3. The van der Waals surface area contributed by atoms with Crippen molar-refractivity contribution in [2.24, 2.45) is 5.73 Å². The van der Waals surface area contributed by atoms with Crippen molar-refractivity contribution >= 4 is 0 Å². The Bertz CT molecular complexity index is 295. The molecule has 4 N–H and O–H groups in total. The second kappa shape index (κ2) is 4.04. The molecule has 0 fully saturated rings. The Morgan fingerprint density at radius 2 is 2.42 bits per heavy atom. The molecule has 0 aliphatic rings. The summed E-state index contributed by atoms with van der Waals surface area (Å²) in [5.41, 5.74) is 6.25. The van der Waals surface area contributed by atoms with Crippen LogP contribution < -0.4 is 11.3 Å². The summed E-state index contributed by atoms with van der Waals surface area (Å²) >= 11 is 0. The zero-order valence-corrected chi connectivity index (χ0v) is 6.66. The highest BCUT2D eigenvalue weighted by Gasteiger charge is 2.04. The average molecular weight is 168 g/mol. The van der Waals surface area contributed by atoms with Gasteiger partial charge in [0.1, 0.15) is 0 Å². The minimum absolute atomic E-state index is 0.0357. The summed E-state index contributed by atoms with van der Waals surface area (Å²) in [5, 5.41) is 8.60. The zero-order chi connectivity index (χ0) is 8.97. The standard InChI is InChI=1S/C8H12N2O2/c9-7(2-4-11)6-1-3-10-8(12)5-6/h1,3,5,7,11H,2,4,9H2,(H,10,12)/t7-/m0/s1. The summed E-state index contributed by atoms with van der Waals surface area (Å²) in [6, 6.07) is 2.93. The Morgan fingerprint density at radius 1 is 1.67 bits per heavy atom. The Labute approximate surface area is 70.0 Å². The molecule has 1 rings (SSSR count). The molecule has 1 aromatic heterocycles. The second-order valence-electron chi connectivity index (χ2n) is 2.61. The number of rotatable bonds is 3. The van der Waals surface area contributed by atoms with Crippen LogP contribution in [0.3, 0.4) is 0 Å². The van der Waals surface area contributed by atoms with Crippen LogP contribution in [0.15, 0.2) is 23.1 Å². The Morgan fingerprint density at radius 3 is 3.00 bits per heavy atom. The zero-order valence-electron chi connectivity index (χ0n) is 6.66. The molecule has 0 amide bonds. The van der Waals surface area contributed by atoms with E-state index in [2.05, 4.69) is 4.98 Å². The summed E-state index contributed by atoms with van der Waals surface area (Å²) < 4.78 is 0. The van der Waals surface area contributed by atoms with E-state index in [1.165, 1.54) is 6.07 Å². The van der Waals surface area contributed by atoms with Gasteiger partial charge in [0.15, 0.2) is 0 Å². The largest absolute Gasteiger partial charge is 0.396 e. The van der Waals surface area contributed by atoms with E-state index < -0.39 is 0 Å². The third kappa shape index (κ3) is 2.18. The van der Waals surface area contributed by atoms with E-state index in [4.69, 9.17) is 10.8 Å². The van der Waals surface area contributed by atoms with Crippen LogP contribution in [-0.4, -0.2) is 16.7 Å². The van der Waals surface area contributed by atoms with E-state index in [1.807, 2.05) is 0 Å². The van der Waals surface area contributed by atoms with E-state index >= 15 is 0 Å². The fraction of sp³-hybridized carbons (Fsp3) is 0.375. The smallest absolute Gasteiger partial charge is 0.248 e. The van der Waals surface area contributed by atoms with E-state index in [1.54, 1.807) is 12.3 Å². The number of aliphatic hydroxyl groups excluding tert-OH is 1. The first-order valence-corrected chi connectivity index (χ1v) is 3.79. The molecule has 0 saturated heterocycles. The van der Waals surface area contributed by atoms with Crippen LogP contribution in [0, 0.1) is 0 Å². The molecule has 4 heteroatoms. The van der Waals surface area contributed by atoms with Gasteiger partial charge in [-0.2, -0.15) is 0 Å². The first-order valence-electron chi connectivity index (χ1n) is 3.79. The van der Waals surface area contributed by atoms with E-state index in [-0.39, 0.29) is 18.2 Å². The molecule has 4 nitrogen and oxygen atoms in total. The number of H-pyrrole nitrogens is 1. The third-order valence-electron chi connectivity index (χ3n) is 1.67. The number of hydrogen-bond acceptors (Lipinski definition) is 3. The van der Waals surface area contributed by atoms with Crippen molar-refractivity contribution in [2.45, 2.75) is 12.5 Å². The van der Waals surface area contributed by atoms with Gasteiger partial charge in [-0.3, -0.25) is 4.79 Å². The molecular formula is C8H12N2O2. The van der Waals surface area contributed by atoms with Crippen LogP contribution in [0.25, 0.3) is 0 Å². The van der Waals surface area contributed by atoms with E-state index in [0.717, 1.165) is 5.56 Å². The first kappa shape index (κ1) is 8.96. The third-order valence-corrected chi connectivity index (χ3v) is 1.67. The number of hydrogen-bond donors (Lipinski definition) is 3. The molecule has 12 heavy (non-hydrogen) atoms. The molecule has 1 aromatic rings. The summed E-state index contributed by atoms with van der Waals surface area (Å²) in [6.07, 6.45) is 2.03. The molecule has 1 heterocycles. The molecule has 0 aliphatic carbocycles. The van der Waals surface area contributed by atoms with Crippen molar-refractivity contribution in [3.8, 4) is 0 Å². The van der Waals surface area contributed by atoms with Crippen LogP contribution in [0.4, 0.5) is 0 Å². The number of aliphatic hydroxyl groups is 1. The summed E-state index contributed by atoms with van der Waals surface area (Å²) in [5.74, 6) is 0. The molecule has 66 valence electrons. The normalized spacial score (nSPS) is 12.8. The van der Waals surface area contributed by atoms with Crippen LogP contribution in [0.1, 0.15) is 18.0 Å². The maximum atomic E-state index is 10.8. The van der Waals surface area contributed by atoms with Gasteiger partial charge >= 0.3 is 0 Å². The molecule has 0 spiro atoms. The van der Waals surface area contributed by atoms with E-state index in [9.17, 15) is 4.79 Å². The number of nitrogens with one attached hydrogen (secondary N) is 1. The van der Waals surface area contributed by atoms with Crippen LogP contribution in [0.2, 0.25) is 0 Å².